The van der Waals surface area contributed by atoms with Crippen LogP contribution in [-0.2, 0) is 10.8 Å². The summed E-state index contributed by atoms with van der Waals surface area (Å²) in [5.41, 5.74) is 19.6. The second kappa shape index (κ2) is 18.3. The molecule has 10 aromatic rings. The van der Waals surface area contributed by atoms with Crippen molar-refractivity contribution in [3.05, 3.63) is 242 Å². The lowest BCUT2D eigenvalue weighted by Crippen LogP contribution is -2.13. The molecule has 0 aliphatic rings. The highest BCUT2D eigenvalue weighted by Gasteiger charge is 2.19. The SMILES string of the molecule is CC(C)(C)c1ccc(N(c2ccccc2)c2ccc(-c3ccc(-c4nc5ccccc5nc4-c4ccc(-c5ccc(N(c6ccccc6)c6ccc(C(C)(C)C)cc6)cc5)cc4)cc3)cc2)cc1. The van der Waals surface area contributed by atoms with Crippen molar-refractivity contribution in [3.8, 4) is 44.8 Å². The molecule has 4 heteroatoms. The highest BCUT2D eigenvalue weighted by molar-refractivity contribution is 5.88. The molecule has 68 heavy (non-hydrogen) atoms. The zero-order valence-electron chi connectivity index (χ0n) is 39.7. The number of hydrogen-bond acceptors (Lipinski definition) is 4. The Kier molecular flexibility index (Phi) is 11.8. The molecule has 332 valence electrons. The molecule has 10 rings (SSSR count). The van der Waals surface area contributed by atoms with Crippen molar-refractivity contribution in [2.24, 2.45) is 0 Å². The van der Waals surface area contributed by atoms with Gasteiger partial charge in [0.25, 0.3) is 0 Å². The highest BCUT2D eigenvalue weighted by Crippen LogP contribution is 2.40. The van der Waals surface area contributed by atoms with E-state index < -0.39 is 0 Å². The Balaban J connectivity index is 0.919. The van der Waals surface area contributed by atoms with Crippen molar-refractivity contribution in [3.63, 3.8) is 0 Å². The minimum absolute atomic E-state index is 0.0876. The van der Waals surface area contributed by atoms with Crippen LogP contribution in [0.1, 0.15) is 52.7 Å². The van der Waals surface area contributed by atoms with Gasteiger partial charge in [-0.2, -0.15) is 0 Å². The first kappa shape index (κ1) is 43.8. The Hall–Kier alpha value is -8.08. The number of nitrogens with zero attached hydrogens (tertiary/aromatic N) is 4. The molecule has 0 aliphatic heterocycles. The molecule has 0 radical (unpaired) electrons. The third-order valence-corrected chi connectivity index (χ3v) is 12.8. The van der Waals surface area contributed by atoms with Gasteiger partial charge >= 0.3 is 0 Å². The monoisotopic (exact) mass is 880 g/mol. The number of fused-ring (bicyclic) bond motifs is 1. The zero-order valence-corrected chi connectivity index (χ0v) is 39.7. The lowest BCUT2D eigenvalue weighted by atomic mass is 9.87. The predicted molar refractivity (Wildman–Crippen MR) is 288 cm³/mol. The molecule has 0 fully saturated rings. The Labute approximate surface area is 401 Å². The molecule has 0 saturated heterocycles. The second-order valence-electron chi connectivity index (χ2n) is 19.6. The van der Waals surface area contributed by atoms with Crippen LogP contribution in [0.4, 0.5) is 34.1 Å². The fraction of sp³-hybridized carbons (Fsp3) is 0.125. The van der Waals surface area contributed by atoms with Crippen molar-refractivity contribution in [1.29, 1.82) is 0 Å². The third-order valence-electron chi connectivity index (χ3n) is 12.8. The van der Waals surface area contributed by atoms with E-state index in [1.165, 1.54) is 11.1 Å². The van der Waals surface area contributed by atoms with Gasteiger partial charge in [-0.25, -0.2) is 9.97 Å². The summed E-state index contributed by atoms with van der Waals surface area (Å²) in [6.07, 6.45) is 0. The van der Waals surface area contributed by atoms with Crippen molar-refractivity contribution in [2.75, 3.05) is 9.80 Å². The molecule has 0 aliphatic carbocycles. The van der Waals surface area contributed by atoms with E-state index in [9.17, 15) is 0 Å². The van der Waals surface area contributed by atoms with E-state index in [0.29, 0.717) is 0 Å². The summed E-state index contributed by atoms with van der Waals surface area (Å²) in [4.78, 5) is 15.1. The molecule has 4 nitrogen and oxygen atoms in total. The van der Waals surface area contributed by atoms with Gasteiger partial charge in [0, 0.05) is 45.3 Å². The van der Waals surface area contributed by atoms with Crippen LogP contribution in [0.3, 0.4) is 0 Å². The van der Waals surface area contributed by atoms with E-state index in [0.717, 1.165) is 89.9 Å². The first-order valence-electron chi connectivity index (χ1n) is 23.6. The number of hydrogen-bond donors (Lipinski definition) is 0. The van der Waals surface area contributed by atoms with Gasteiger partial charge in [0.1, 0.15) is 0 Å². The Morgan fingerprint density at radius 2 is 0.485 bits per heavy atom. The first-order valence-corrected chi connectivity index (χ1v) is 23.6. The molecule has 9 aromatic carbocycles. The lowest BCUT2D eigenvalue weighted by molar-refractivity contribution is 0.590. The Morgan fingerprint density at radius 1 is 0.250 bits per heavy atom. The fourth-order valence-corrected chi connectivity index (χ4v) is 8.92. The van der Waals surface area contributed by atoms with Gasteiger partial charge in [0.15, 0.2) is 0 Å². The van der Waals surface area contributed by atoms with Crippen LogP contribution >= 0.6 is 0 Å². The van der Waals surface area contributed by atoms with Crippen molar-refractivity contribution in [2.45, 2.75) is 52.4 Å². The molecular weight excluding hydrogens is 825 g/mol. The molecular formula is C64H56N4. The van der Waals surface area contributed by atoms with Crippen LogP contribution in [0.2, 0.25) is 0 Å². The van der Waals surface area contributed by atoms with Gasteiger partial charge < -0.3 is 9.80 Å². The highest BCUT2D eigenvalue weighted by atomic mass is 15.1. The lowest BCUT2D eigenvalue weighted by Gasteiger charge is -2.27. The first-order chi connectivity index (χ1) is 33.0. The molecule has 0 atom stereocenters. The number of para-hydroxylation sites is 4. The average Bonchev–Trinajstić information content (AvgIpc) is 3.37. The van der Waals surface area contributed by atoms with Crippen LogP contribution in [0, 0.1) is 0 Å². The van der Waals surface area contributed by atoms with E-state index in [4.69, 9.17) is 9.97 Å². The van der Waals surface area contributed by atoms with Gasteiger partial charge in [0.05, 0.1) is 22.4 Å². The summed E-state index contributed by atoms with van der Waals surface area (Å²) in [6.45, 7) is 13.5. The number of benzene rings is 9. The van der Waals surface area contributed by atoms with E-state index in [1.54, 1.807) is 0 Å². The van der Waals surface area contributed by atoms with Gasteiger partial charge in [-0.05, 0) is 129 Å². The van der Waals surface area contributed by atoms with Crippen molar-refractivity contribution >= 4 is 45.2 Å². The van der Waals surface area contributed by atoms with Crippen molar-refractivity contribution in [1.82, 2.24) is 9.97 Å². The molecule has 0 amide bonds. The molecule has 0 bridgehead atoms. The minimum Gasteiger partial charge on any atom is -0.311 e. The Morgan fingerprint density at radius 3 is 0.779 bits per heavy atom. The maximum Gasteiger partial charge on any atom is 0.0973 e. The van der Waals surface area contributed by atoms with E-state index >= 15 is 0 Å². The summed E-state index contributed by atoms with van der Waals surface area (Å²) in [7, 11) is 0. The summed E-state index contributed by atoms with van der Waals surface area (Å²) in [6, 6.07) is 82.3. The Bertz CT molecular complexity index is 3050. The normalized spacial score (nSPS) is 11.7. The van der Waals surface area contributed by atoms with Crippen LogP contribution < -0.4 is 9.80 Å². The maximum atomic E-state index is 5.23. The standard InChI is InChI=1S/C64H56N4/c1-63(2,3)51-33-41-57(42-34-51)67(53-15-9-7-10-16-53)55-37-29-47(30-38-55)45-21-25-49(26-22-45)61-62(66-60-20-14-13-19-59(60)65-61)50-27-23-46(24-28-50)48-31-39-56(40-32-48)68(54-17-11-8-12-18-54)58-43-35-52(36-44-58)64(4,5)6/h7-44H,1-6H3. The maximum absolute atomic E-state index is 5.23. The van der Waals surface area contributed by atoms with E-state index in [1.807, 2.05) is 24.3 Å². The topological polar surface area (TPSA) is 32.3 Å². The molecule has 0 unspecified atom stereocenters. The number of anilines is 6. The fourth-order valence-electron chi connectivity index (χ4n) is 8.92. The summed E-state index contributed by atoms with van der Waals surface area (Å²) < 4.78 is 0. The number of rotatable bonds is 10. The summed E-state index contributed by atoms with van der Waals surface area (Å²) in [5.74, 6) is 0. The summed E-state index contributed by atoms with van der Waals surface area (Å²) in [5, 5.41) is 0. The molecule has 0 spiro atoms. The average molecular weight is 881 g/mol. The van der Waals surface area contributed by atoms with Crippen LogP contribution in [0.25, 0.3) is 55.8 Å². The molecule has 0 saturated carbocycles. The van der Waals surface area contributed by atoms with Gasteiger partial charge in [-0.1, -0.05) is 187 Å². The second-order valence-corrected chi connectivity index (χ2v) is 19.6. The zero-order chi connectivity index (χ0) is 46.8. The van der Waals surface area contributed by atoms with Gasteiger partial charge in [-0.3, -0.25) is 0 Å². The van der Waals surface area contributed by atoms with Crippen LogP contribution in [-0.4, -0.2) is 9.97 Å². The van der Waals surface area contributed by atoms with E-state index in [2.05, 4.69) is 258 Å². The summed E-state index contributed by atoms with van der Waals surface area (Å²) >= 11 is 0. The molecule has 1 aromatic heterocycles. The van der Waals surface area contributed by atoms with Crippen LogP contribution in [0.15, 0.2) is 231 Å². The van der Waals surface area contributed by atoms with Gasteiger partial charge in [-0.15, -0.1) is 0 Å². The minimum atomic E-state index is 0.0876. The largest absolute Gasteiger partial charge is 0.311 e. The quantitative estimate of drug-likeness (QED) is 0.137. The van der Waals surface area contributed by atoms with Crippen molar-refractivity contribution < 1.29 is 0 Å². The van der Waals surface area contributed by atoms with Crippen LogP contribution in [0.5, 0.6) is 0 Å². The van der Waals surface area contributed by atoms with Gasteiger partial charge in [0.2, 0.25) is 0 Å². The third kappa shape index (κ3) is 9.19. The number of aromatic nitrogens is 2. The smallest absolute Gasteiger partial charge is 0.0973 e. The molecule has 0 N–H and O–H groups in total. The van der Waals surface area contributed by atoms with E-state index in [-0.39, 0.29) is 10.8 Å². The predicted octanol–water partition coefficient (Wildman–Crippen LogP) is 17.8. The molecule has 1 heterocycles.